The first-order valence-corrected chi connectivity index (χ1v) is 9.61. The third kappa shape index (κ3) is 3.17. The monoisotopic (exact) mass is 322 g/mol. The Labute approximate surface area is 131 Å². The summed E-state index contributed by atoms with van der Waals surface area (Å²) >= 11 is 0. The van der Waals surface area contributed by atoms with Gasteiger partial charge in [-0.3, -0.25) is 9.69 Å². The van der Waals surface area contributed by atoms with Crippen molar-refractivity contribution in [2.45, 2.75) is 25.8 Å². The molecule has 2 aliphatic rings. The quantitative estimate of drug-likeness (QED) is 0.821. The van der Waals surface area contributed by atoms with E-state index >= 15 is 0 Å². The molecule has 0 aliphatic carbocycles. The van der Waals surface area contributed by atoms with Gasteiger partial charge in [0.15, 0.2) is 9.84 Å². The van der Waals surface area contributed by atoms with Gasteiger partial charge >= 0.3 is 0 Å². The van der Waals surface area contributed by atoms with Crippen LogP contribution in [0.4, 0.5) is 5.69 Å². The number of benzene rings is 1. The Morgan fingerprint density at radius 1 is 1.05 bits per heavy atom. The van der Waals surface area contributed by atoms with Gasteiger partial charge in [0.05, 0.1) is 17.5 Å². The number of hydrogen-bond donors (Lipinski definition) is 0. The largest absolute Gasteiger partial charge is 0.311 e. The highest BCUT2D eigenvalue weighted by Crippen LogP contribution is 2.25. The number of hydrogen-bond acceptors (Lipinski definition) is 4. The van der Waals surface area contributed by atoms with Crippen molar-refractivity contribution >= 4 is 21.4 Å². The number of aryl methyl sites for hydroxylation is 1. The first kappa shape index (κ1) is 15.5. The molecular weight excluding hydrogens is 300 g/mol. The van der Waals surface area contributed by atoms with Gasteiger partial charge in [-0.1, -0.05) is 17.7 Å². The van der Waals surface area contributed by atoms with Crippen LogP contribution in [0.3, 0.4) is 0 Å². The number of nitrogens with zero attached hydrogens (tertiary/aromatic N) is 2. The van der Waals surface area contributed by atoms with Gasteiger partial charge in [0.2, 0.25) is 5.91 Å². The average Bonchev–Trinajstić information content (AvgIpc) is 2.75. The third-order valence-electron chi connectivity index (χ3n) is 4.55. The predicted octanol–water partition coefficient (Wildman–Crippen LogP) is 1.22. The molecule has 0 aromatic heterocycles. The van der Waals surface area contributed by atoms with E-state index in [0.29, 0.717) is 26.1 Å². The normalized spacial score (nSPS) is 26.1. The van der Waals surface area contributed by atoms with E-state index in [9.17, 15) is 13.2 Å². The van der Waals surface area contributed by atoms with Crippen LogP contribution in [0.1, 0.15) is 18.4 Å². The number of anilines is 1. The van der Waals surface area contributed by atoms with Gasteiger partial charge in [-0.05, 0) is 38.4 Å². The average molecular weight is 322 g/mol. The molecule has 1 atom stereocenters. The molecule has 0 N–H and O–H groups in total. The summed E-state index contributed by atoms with van der Waals surface area (Å²) in [5.41, 5.74) is 2.10. The van der Waals surface area contributed by atoms with Gasteiger partial charge in [-0.2, -0.15) is 0 Å². The zero-order valence-electron chi connectivity index (χ0n) is 12.9. The Morgan fingerprint density at radius 3 is 2.50 bits per heavy atom. The topological polar surface area (TPSA) is 57.7 Å². The lowest BCUT2D eigenvalue weighted by atomic mass is 10.2. The zero-order valence-corrected chi connectivity index (χ0v) is 13.7. The van der Waals surface area contributed by atoms with Crippen molar-refractivity contribution < 1.29 is 13.2 Å². The molecule has 0 radical (unpaired) electrons. The van der Waals surface area contributed by atoms with Gasteiger partial charge in [-0.15, -0.1) is 0 Å². The Hall–Kier alpha value is -1.40. The Kier molecular flexibility index (Phi) is 4.23. The van der Waals surface area contributed by atoms with Crippen LogP contribution >= 0.6 is 0 Å². The molecule has 2 heterocycles. The summed E-state index contributed by atoms with van der Waals surface area (Å²) < 4.78 is 23.4. The standard InChI is InChI=1S/C16H22N2O3S/c1-13-3-5-14(6-4-13)18-9-7-15(16(18)19)17-8-2-11-22(20,21)12-10-17/h3-6,15H,2,7-12H2,1H3/t15-/m1/s1. The van der Waals surface area contributed by atoms with Gasteiger partial charge in [0.1, 0.15) is 0 Å². The Balaban J connectivity index is 1.72. The highest BCUT2D eigenvalue weighted by Gasteiger charge is 2.37. The summed E-state index contributed by atoms with van der Waals surface area (Å²) in [6.07, 6.45) is 1.39. The van der Waals surface area contributed by atoms with Crippen molar-refractivity contribution in [3.63, 3.8) is 0 Å². The lowest BCUT2D eigenvalue weighted by Crippen LogP contribution is -2.43. The number of carbonyl (C=O) groups excluding carboxylic acids is 1. The first-order valence-electron chi connectivity index (χ1n) is 7.79. The van der Waals surface area contributed by atoms with E-state index in [0.717, 1.165) is 12.1 Å². The zero-order chi connectivity index (χ0) is 15.7. The fraction of sp³-hybridized carbons (Fsp3) is 0.562. The minimum atomic E-state index is -2.94. The lowest BCUT2D eigenvalue weighted by molar-refractivity contribution is -0.121. The molecule has 120 valence electrons. The molecule has 0 bridgehead atoms. The fourth-order valence-corrected chi connectivity index (χ4v) is 4.54. The second kappa shape index (κ2) is 6.01. The predicted molar refractivity (Wildman–Crippen MR) is 86.8 cm³/mol. The minimum absolute atomic E-state index is 0.100. The van der Waals surface area contributed by atoms with E-state index < -0.39 is 9.84 Å². The second-order valence-corrected chi connectivity index (χ2v) is 8.47. The van der Waals surface area contributed by atoms with Crippen molar-refractivity contribution in [1.29, 1.82) is 0 Å². The third-order valence-corrected chi connectivity index (χ3v) is 6.27. The summed E-state index contributed by atoms with van der Waals surface area (Å²) in [4.78, 5) is 16.6. The summed E-state index contributed by atoms with van der Waals surface area (Å²) in [5, 5.41) is 0. The summed E-state index contributed by atoms with van der Waals surface area (Å²) in [7, 11) is -2.94. The van der Waals surface area contributed by atoms with Crippen LogP contribution in [0.25, 0.3) is 0 Å². The van der Waals surface area contributed by atoms with Crippen molar-refractivity contribution in [3.05, 3.63) is 29.8 Å². The van der Waals surface area contributed by atoms with Crippen LogP contribution in [0, 0.1) is 6.92 Å². The highest BCUT2D eigenvalue weighted by molar-refractivity contribution is 7.91. The van der Waals surface area contributed by atoms with E-state index in [1.807, 2.05) is 36.1 Å². The molecule has 22 heavy (non-hydrogen) atoms. The van der Waals surface area contributed by atoms with Gasteiger partial charge in [0.25, 0.3) is 0 Å². The van der Waals surface area contributed by atoms with Crippen LogP contribution in [0.5, 0.6) is 0 Å². The maximum atomic E-state index is 12.7. The van der Waals surface area contributed by atoms with E-state index in [1.54, 1.807) is 0 Å². The number of carbonyl (C=O) groups is 1. The second-order valence-electron chi connectivity index (χ2n) is 6.17. The molecule has 5 nitrogen and oxygen atoms in total. The lowest BCUT2D eigenvalue weighted by Gasteiger charge is -2.26. The van der Waals surface area contributed by atoms with Crippen LogP contribution in [0.2, 0.25) is 0 Å². The molecule has 1 aromatic rings. The first-order chi connectivity index (χ1) is 10.5. The highest BCUT2D eigenvalue weighted by atomic mass is 32.2. The van der Waals surface area contributed by atoms with Crippen LogP contribution in [-0.4, -0.2) is 56.4 Å². The molecule has 6 heteroatoms. The van der Waals surface area contributed by atoms with Crippen LogP contribution in [-0.2, 0) is 14.6 Å². The Bertz CT molecular complexity index is 654. The SMILES string of the molecule is Cc1ccc(N2CC[C@@H](N3CCCS(=O)(=O)CC3)C2=O)cc1. The van der Waals surface area contributed by atoms with Gasteiger partial charge in [0, 0.05) is 18.8 Å². The summed E-state index contributed by atoms with van der Waals surface area (Å²) in [6.45, 7) is 3.89. The van der Waals surface area contributed by atoms with Crippen molar-refractivity contribution in [2.75, 3.05) is 36.0 Å². The molecule has 0 saturated carbocycles. The molecule has 2 saturated heterocycles. The van der Waals surface area contributed by atoms with E-state index in [-0.39, 0.29) is 23.5 Å². The molecule has 1 aromatic carbocycles. The maximum absolute atomic E-state index is 12.7. The molecule has 3 rings (SSSR count). The Morgan fingerprint density at radius 2 is 1.77 bits per heavy atom. The van der Waals surface area contributed by atoms with Gasteiger partial charge < -0.3 is 4.90 Å². The molecular formula is C16H22N2O3S. The maximum Gasteiger partial charge on any atom is 0.244 e. The number of rotatable bonds is 2. The number of amides is 1. The fourth-order valence-electron chi connectivity index (χ4n) is 3.25. The molecule has 1 amide bonds. The molecule has 2 fully saturated rings. The summed E-state index contributed by atoms with van der Waals surface area (Å²) in [6, 6.07) is 7.79. The molecule has 0 spiro atoms. The minimum Gasteiger partial charge on any atom is -0.311 e. The van der Waals surface area contributed by atoms with Crippen molar-refractivity contribution in [3.8, 4) is 0 Å². The van der Waals surface area contributed by atoms with Crippen LogP contribution < -0.4 is 4.90 Å². The molecule has 0 unspecified atom stereocenters. The van der Waals surface area contributed by atoms with E-state index in [1.165, 1.54) is 5.56 Å². The van der Waals surface area contributed by atoms with Crippen molar-refractivity contribution in [2.24, 2.45) is 0 Å². The summed E-state index contributed by atoms with van der Waals surface area (Å²) in [5.74, 6) is 0.510. The van der Waals surface area contributed by atoms with Crippen molar-refractivity contribution in [1.82, 2.24) is 4.90 Å². The van der Waals surface area contributed by atoms with E-state index in [2.05, 4.69) is 4.90 Å². The van der Waals surface area contributed by atoms with Gasteiger partial charge in [-0.25, -0.2) is 8.42 Å². The van der Waals surface area contributed by atoms with E-state index in [4.69, 9.17) is 0 Å². The smallest absolute Gasteiger partial charge is 0.244 e. The number of sulfone groups is 1. The van der Waals surface area contributed by atoms with Crippen LogP contribution in [0.15, 0.2) is 24.3 Å². The molecule has 2 aliphatic heterocycles.